The van der Waals surface area contributed by atoms with E-state index in [2.05, 4.69) is 0 Å². The first-order chi connectivity index (χ1) is 14.0. The molecule has 0 aromatic heterocycles. The van der Waals surface area contributed by atoms with Crippen molar-refractivity contribution in [2.45, 2.75) is 43.4 Å². The van der Waals surface area contributed by atoms with Gasteiger partial charge >= 0.3 is 0 Å². The Hall–Kier alpha value is -1.67. The van der Waals surface area contributed by atoms with Crippen LogP contribution in [0.15, 0.2) is 42.5 Å². The minimum absolute atomic E-state index is 0.182. The number of fused-ring (bicyclic) bond motifs is 1. The average molecular weight is 421 g/mol. The Balaban J connectivity index is 1.57. The molecule has 2 aliphatic heterocycles. The van der Waals surface area contributed by atoms with E-state index in [0.29, 0.717) is 23.6 Å². The van der Waals surface area contributed by atoms with Crippen molar-refractivity contribution in [2.75, 3.05) is 19.8 Å². The summed E-state index contributed by atoms with van der Waals surface area (Å²) >= 11 is 6.41. The number of aliphatic hydroxyl groups is 3. The van der Waals surface area contributed by atoms with Crippen LogP contribution in [-0.2, 0) is 15.9 Å². The Morgan fingerprint density at radius 1 is 1.14 bits per heavy atom. The molecule has 0 spiro atoms. The van der Waals surface area contributed by atoms with Gasteiger partial charge in [0.15, 0.2) is 0 Å². The number of hydrogen-bond acceptors (Lipinski definition) is 6. The Labute approximate surface area is 174 Å². The van der Waals surface area contributed by atoms with Crippen LogP contribution in [0.5, 0.6) is 5.75 Å². The Morgan fingerprint density at radius 3 is 2.52 bits per heavy atom. The van der Waals surface area contributed by atoms with Gasteiger partial charge in [0, 0.05) is 5.02 Å². The van der Waals surface area contributed by atoms with Crippen molar-refractivity contribution in [3.8, 4) is 5.75 Å². The van der Waals surface area contributed by atoms with Crippen LogP contribution in [0.1, 0.15) is 29.7 Å². The third-order valence-electron chi connectivity index (χ3n) is 5.65. The first-order valence-electron chi connectivity index (χ1n) is 9.74. The summed E-state index contributed by atoms with van der Waals surface area (Å²) in [7, 11) is 0. The number of halogens is 1. The van der Waals surface area contributed by atoms with Crippen LogP contribution < -0.4 is 4.74 Å². The van der Waals surface area contributed by atoms with E-state index in [-0.39, 0.29) is 13.2 Å². The van der Waals surface area contributed by atoms with Gasteiger partial charge in [0.25, 0.3) is 0 Å². The maximum absolute atomic E-state index is 10.6. The molecule has 0 amide bonds. The Kier molecular flexibility index (Phi) is 5.84. The van der Waals surface area contributed by atoms with Gasteiger partial charge < -0.3 is 29.5 Å². The van der Waals surface area contributed by atoms with Crippen LogP contribution in [-0.4, -0.2) is 59.1 Å². The average Bonchev–Trinajstić information content (AvgIpc) is 2.70. The minimum Gasteiger partial charge on any atom is -0.494 e. The zero-order valence-corrected chi connectivity index (χ0v) is 16.9. The van der Waals surface area contributed by atoms with Gasteiger partial charge in [-0.25, -0.2) is 0 Å². The van der Waals surface area contributed by atoms with Gasteiger partial charge in [-0.2, -0.15) is 0 Å². The van der Waals surface area contributed by atoms with Crippen molar-refractivity contribution in [3.05, 3.63) is 64.2 Å². The molecule has 156 valence electrons. The van der Waals surface area contributed by atoms with Gasteiger partial charge in [-0.3, -0.25) is 0 Å². The lowest BCUT2D eigenvalue weighted by Crippen LogP contribution is -2.73. The van der Waals surface area contributed by atoms with Crippen molar-refractivity contribution in [3.63, 3.8) is 0 Å². The summed E-state index contributed by atoms with van der Waals surface area (Å²) in [6, 6.07) is 13.2. The number of rotatable bonds is 6. The van der Waals surface area contributed by atoms with E-state index in [9.17, 15) is 15.3 Å². The molecule has 29 heavy (non-hydrogen) atoms. The SMILES string of the molecule is CCOc1ccc(Cc2cc(C3OC4(CO)COC4C(O)C3O)ccc2Cl)cc1. The molecule has 2 saturated heterocycles. The fraction of sp³-hybridized carbons (Fsp3) is 0.455. The lowest BCUT2D eigenvalue weighted by atomic mass is 9.80. The molecule has 2 fully saturated rings. The first kappa shape index (κ1) is 20.6. The standard InChI is InChI=1S/C22H25ClO6/c1-2-27-16-6-3-13(4-7-16)9-15-10-14(5-8-17(15)23)20-18(25)19(26)21-22(11-24,29-20)12-28-21/h3-8,10,18-21,24-26H,2,9,11-12H2,1H3. The second-order valence-electron chi connectivity index (χ2n) is 7.58. The monoisotopic (exact) mass is 420 g/mol. The number of aliphatic hydroxyl groups excluding tert-OH is 3. The molecule has 2 heterocycles. The van der Waals surface area contributed by atoms with Crippen LogP contribution in [0.3, 0.4) is 0 Å². The summed E-state index contributed by atoms with van der Waals surface area (Å²) in [4.78, 5) is 0. The molecule has 5 unspecified atom stereocenters. The van der Waals surface area contributed by atoms with Crippen LogP contribution in [0.2, 0.25) is 5.02 Å². The van der Waals surface area contributed by atoms with E-state index >= 15 is 0 Å². The third kappa shape index (κ3) is 3.77. The molecule has 2 aromatic rings. The Bertz CT molecular complexity index is 853. The van der Waals surface area contributed by atoms with E-state index in [1.165, 1.54) is 0 Å². The second-order valence-corrected chi connectivity index (χ2v) is 7.99. The molecular formula is C22H25ClO6. The highest BCUT2D eigenvalue weighted by atomic mass is 35.5. The maximum atomic E-state index is 10.6. The quantitative estimate of drug-likeness (QED) is 0.664. The van der Waals surface area contributed by atoms with Gasteiger partial charge in [-0.15, -0.1) is 0 Å². The number of benzene rings is 2. The van der Waals surface area contributed by atoms with Gasteiger partial charge in [-0.05, 0) is 48.2 Å². The molecule has 2 aromatic carbocycles. The normalized spacial score (nSPS) is 31.1. The smallest absolute Gasteiger partial charge is 0.144 e. The fourth-order valence-electron chi connectivity index (χ4n) is 3.99. The van der Waals surface area contributed by atoms with E-state index in [1.807, 2.05) is 37.3 Å². The van der Waals surface area contributed by atoms with Crippen molar-refractivity contribution >= 4 is 11.6 Å². The van der Waals surface area contributed by atoms with Crippen LogP contribution in [0.4, 0.5) is 0 Å². The topological polar surface area (TPSA) is 88.4 Å². The summed E-state index contributed by atoms with van der Waals surface area (Å²) in [5.41, 5.74) is 1.65. The molecular weight excluding hydrogens is 396 g/mol. The van der Waals surface area contributed by atoms with Crippen molar-refractivity contribution < 1.29 is 29.5 Å². The maximum Gasteiger partial charge on any atom is 0.144 e. The van der Waals surface area contributed by atoms with Crippen LogP contribution >= 0.6 is 11.6 Å². The van der Waals surface area contributed by atoms with Gasteiger partial charge in [-0.1, -0.05) is 35.9 Å². The van der Waals surface area contributed by atoms with Gasteiger partial charge in [0.2, 0.25) is 0 Å². The van der Waals surface area contributed by atoms with E-state index in [4.69, 9.17) is 25.8 Å². The fourth-order valence-corrected chi connectivity index (χ4v) is 4.18. The van der Waals surface area contributed by atoms with Crippen LogP contribution in [0, 0.1) is 0 Å². The summed E-state index contributed by atoms with van der Waals surface area (Å²) < 4.78 is 16.8. The zero-order valence-electron chi connectivity index (χ0n) is 16.1. The summed E-state index contributed by atoms with van der Waals surface area (Å²) in [5.74, 6) is 0.815. The number of hydrogen-bond donors (Lipinski definition) is 3. The third-order valence-corrected chi connectivity index (χ3v) is 6.02. The lowest BCUT2D eigenvalue weighted by Gasteiger charge is -2.56. The molecule has 0 radical (unpaired) electrons. The summed E-state index contributed by atoms with van der Waals surface area (Å²) in [6.45, 7) is 2.45. The minimum atomic E-state index is -1.17. The molecule has 5 atom stereocenters. The van der Waals surface area contributed by atoms with Crippen molar-refractivity contribution in [2.24, 2.45) is 0 Å². The van der Waals surface area contributed by atoms with Gasteiger partial charge in [0.05, 0.1) is 19.8 Å². The van der Waals surface area contributed by atoms with Crippen LogP contribution in [0.25, 0.3) is 0 Å². The predicted molar refractivity (Wildman–Crippen MR) is 107 cm³/mol. The highest BCUT2D eigenvalue weighted by molar-refractivity contribution is 6.31. The predicted octanol–water partition coefficient (Wildman–Crippen LogP) is 2.25. The molecule has 3 N–H and O–H groups in total. The first-order valence-corrected chi connectivity index (χ1v) is 10.1. The summed E-state index contributed by atoms with van der Waals surface area (Å²) in [5, 5.41) is 31.4. The van der Waals surface area contributed by atoms with E-state index in [1.54, 1.807) is 12.1 Å². The molecule has 7 heteroatoms. The lowest BCUT2D eigenvalue weighted by molar-refractivity contribution is -0.363. The molecule has 2 aliphatic rings. The zero-order chi connectivity index (χ0) is 20.6. The second kappa shape index (κ2) is 8.22. The summed E-state index contributed by atoms with van der Waals surface area (Å²) in [6.07, 6.45) is -3.22. The largest absolute Gasteiger partial charge is 0.494 e. The molecule has 0 saturated carbocycles. The Morgan fingerprint density at radius 2 is 1.90 bits per heavy atom. The van der Waals surface area contributed by atoms with Gasteiger partial charge in [0.1, 0.15) is 35.8 Å². The van der Waals surface area contributed by atoms with Crippen molar-refractivity contribution in [1.82, 2.24) is 0 Å². The highest BCUT2D eigenvalue weighted by Gasteiger charge is 2.60. The highest BCUT2D eigenvalue weighted by Crippen LogP contribution is 2.45. The molecule has 0 bridgehead atoms. The van der Waals surface area contributed by atoms with E-state index < -0.39 is 30.0 Å². The number of ether oxygens (including phenoxy) is 3. The molecule has 4 rings (SSSR count). The van der Waals surface area contributed by atoms with E-state index in [0.717, 1.165) is 16.9 Å². The molecule has 6 nitrogen and oxygen atoms in total. The molecule has 0 aliphatic carbocycles. The van der Waals surface area contributed by atoms with Crippen molar-refractivity contribution in [1.29, 1.82) is 0 Å².